The number of ether oxygens (including phenoxy) is 1. The maximum Gasteiger partial charge on any atom is 0.254 e. The molecule has 2 unspecified atom stereocenters. The molecule has 1 saturated heterocycles. The number of methoxy groups -OCH3 is 1. The average molecular weight is 318 g/mol. The molecule has 118 valence electrons. The van der Waals surface area contributed by atoms with Crippen LogP contribution >= 0.6 is 12.4 Å². The van der Waals surface area contributed by atoms with Gasteiger partial charge >= 0.3 is 0 Å². The first-order chi connectivity index (χ1) is 9.52. The molecule has 1 amide bonds. The number of benzene rings is 1. The predicted octanol–water partition coefficient (Wildman–Crippen LogP) is 1.03. The minimum atomic E-state index is -0.520. The highest BCUT2D eigenvalue weighted by Crippen LogP contribution is 2.17. The zero-order chi connectivity index (χ0) is 14.7. The lowest BCUT2D eigenvalue weighted by atomic mass is 10.1. The number of nitrogens with zero attached hydrogens (tertiary/aromatic N) is 1. The van der Waals surface area contributed by atoms with Gasteiger partial charge in [0, 0.05) is 40.0 Å². The SMILES string of the molecule is COC1CNCC1NC(=O)c1ccc(N(C)C)cc1F.Cl. The van der Waals surface area contributed by atoms with Gasteiger partial charge in [-0.1, -0.05) is 0 Å². The molecule has 0 spiro atoms. The molecule has 2 atom stereocenters. The van der Waals surface area contributed by atoms with Crippen LogP contribution in [0.3, 0.4) is 0 Å². The third kappa shape index (κ3) is 4.06. The summed E-state index contributed by atoms with van der Waals surface area (Å²) in [5.41, 5.74) is 0.772. The van der Waals surface area contributed by atoms with E-state index in [1.54, 1.807) is 18.1 Å². The summed E-state index contributed by atoms with van der Waals surface area (Å²) in [6.45, 7) is 1.31. The first kappa shape index (κ1) is 17.7. The van der Waals surface area contributed by atoms with Gasteiger partial charge in [0.1, 0.15) is 5.82 Å². The minimum absolute atomic E-state index is 0. The number of halogens is 2. The van der Waals surface area contributed by atoms with Gasteiger partial charge in [0.2, 0.25) is 0 Å². The Morgan fingerprint density at radius 1 is 1.43 bits per heavy atom. The van der Waals surface area contributed by atoms with Crippen LogP contribution in [-0.2, 0) is 4.74 Å². The molecule has 5 nitrogen and oxygen atoms in total. The zero-order valence-corrected chi connectivity index (χ0v) is 13.2. The van der Waals surface area contributed by atoms with Crippen molar-refractivity contribution in [3.63, 3.8) is 0 Å². The van der Waals surface area contributed by atoms with Gasteiger partial charge in [0.25, 0.3) is 5.91 Å². The minimum Gasteiger partial charge on any atom is -0.378 e. The Hall–Kier alpha value is -1.37. The molecule has 21 heavy (non-hydrogen) atoms. The summed E-state index contributed by atoms with van der Waals surface area (Å²) in [5, 5.41) is 5.93. The van der Waals surface area contributed by atoms with Gasteiger partial charge < -0.3 is 20.3 Å². The number of rotatable bonds is 4. The van der Waals surface area contributed by atoms with E-state index in [0.717, 1.165) is 5.69 Å². The predicted molar refractivity (Wildman–Crippen MR) is 82.9 cm³/mol. The van der Waals surface area contributed by atoms with Crippen molar-refractivity contribution in [3.8, 4) is 0 Å². The standard InChI is InChI=1S/C14H20FN3O2.ClH/c1-18(2)9-4-5-10(11(15)6-9)14(19)17-12-7-16-8-13(12)20-3;/h4-6,12-13,16H,7-8H2,1-3H3,(H,17,19);1H. The molecule has 2 rings (SSSR count). The lowest BCUT2D eigenvalue weighted by Crippen LogP contribution is -2.43. The molecule has 1 heterocycles. The highest BCUT2D eigenvalue weighted by molar-refractivity contribution is 5.95. The number of anilines is 1. The molecule has 1 aromatic rings. The van der Waals surface area contributed by atoms with Crippen molar-refractivity contribution in [3.05, 3.63) is 29.6 Å². The third-order valence-corrected chi connectivity index (χ3v) is 3.49. The Labute approximate surface area is 130 Å². The monoisotopic (exact) mass is 317 g/mol. The topological polar surface area (TPSA) is 53.6 Å². The second kappa shape index (κ2) is 7.59. The van der Waals surface area contributed by atoms with Gasteiger partial charge in [-0.05, 0) is 18.2 Å². The fourth-order valence-electron chi connectivity index (χ4n) is 2.26. The van der Waals surface area contributed by atoms with E-state index in [4.69, 9.17) is 4.74 Å². The van der Waals surface area contributed by atoms with Crippen LogP contribution in [-0.4, -0.2) is 52.3 Å². The fourth-order valence-corrected chi connectivity index (χ4v) is 2.26. The van der Waals surface area contributed by atoms with E-state index in [1.807, 2.05) is 14.1 Å². The van der Waals surface area contributed by atoms with Crippen LogP contribution < -0.4 is 15.5 Å². The highest BCUT2D eigenvalue weighted by atomic mass is 35.5. The number of carbonyl (C=O) groups is 1. The Balaban J connectivity index is 0.00000220. The molecule has 0 bridgehead atoms. The smallest absolute Gasteiger partial charge is 0.254 e. The van der Waals surface area contributed by atoms with Gasteiger partial charge in [-0.25, -0.2) is 4.39 Å². The number of carbonyl (C=O) groups excluding carboxylic acids is 1. The second-order valence-electron chi connectivity index (χ2n) is 5.07. The molecule has 1 fully saturated rings. The quantitative estimate of drug-likeness (QED) is 0.871. The molecule has 1 aliphatic heterocycles. The van der Waals surface area contributed by atoms with E-state index in [0.29, 0.717) is 13.1 Å². The average Bonchev–Trinajstić information content (AvgIpc) is 2.85. The summed E-state index contributed by atoms with van der Waals surface area (Å²) in [4.78, 5) is 13.9. The van der Waals surface area contributed by atoms with Crippen LogP contribution in [0.2, 0.25) is 0 Å². The number of hydrogen-bond donors (Lipinski definition) is 2. The zero-order valence-electron chi connectivity index (χ0n) is 12.4. The number of hydrogen-bond acceptors (Lipinski definition) is 4. The van der Waals surface area contributed by atoms with Gasteiger partial charge in [0.05, 0.1) is 17.7 Å². The molecule has 0 aromatic heterocycles. The summed E-state index contributed by atoms with van der Waals surface area (Å²) in [7, 11) is 5.24. The second-order valence-corrected chi connectivity index (χ2v) is 5.07. The maximum absolute atomic E-state index is 14.0. The van der Waals surface area contributed by atoms with Crippen molar-refractivity contribution in [1.82, 2.24) is 10.6 Å². The van der Waals surface area contributed by atoms with Gasteiger partial charge in [0.15, 0.2) is 0 Å². The first-order valence-corrected chi connectivity index (χ1v) is 6.54. The van der Waals surface area contributed by atoms with Crippen LogP contribution in [0.4, 0.5) is 10.1 Å². The molecule has 7 heteroatoms. The molecular formula is C14H21ClFN3O2. The molecule has 2 N–H and O–H groups in total. The number of nitrogens with one attached hydrogen (secondary N) is 2. The molecule has 1 aromatic carbocycles. The largest absolute Gasteiger partial charge is 0.378 e. The van der Waals surface area contributed by atoms with Crippen LogP contribution in [0.25, 0.3) is 0 Å². The summed E-state index contributed by atoms with van der Waals surface area (Å²) in [6, 6.07) is 4.44. The Kier molecular flexibility index (Phi) is 6.39. The Morgan fingerprint density at radius 3 is 2.71 bits per heavy atom. The molecular weight excluding hydrogens is 297 g/mol. The van der Waals surface area contributed by atoms with E-state index in [2.05, 4.69) is 10.6 Å². The van der Waals surface area contributed by atoms with E-state index >= 15 is 0 Å². The summed E-state index contributed by atoms with van der Waals surface area (Å²) < 4.78 is 19.2. The van der Waals surface area contributed by atoms with Crippen molar-refractivity contribution in [1.29, 1.82) is 0 Å². The maximum atomic E-state index is 14.0. The normalized spacial score (nSPS) is 20.8. The fraction of sp³-hybridized carbons (Fsp3) is 0.500. The summed E-state index contributed by atoms with van der Waals surface area (Å²) in [5.74, 6) is -0.933. The molecule has 0 saturated carbocycles. The summed E-state index contributed by atoms with van der Waals surface area (Å²) >= 11 is 0. The third-order valence-electron chi connectivity index (χ3n) is 3.49. The summed E-state index contributed by atoms with van der Waals surface area (Å²) in [6.07, 6.45) is -0.0805. The van der Waals surface area contributed by atoms with Gasteiger partial charge in [-0.15, -0.1) is 12.4 Å². The van der Waals surface area contributed by atoms with Crippen LogP contribution in [0, 0.1) is 5.82 Å². The van der Waals surface area contributed by atoms with Gasteiger partial charge in [-0.2, -0.15) is 0 Å². The lowest BCUT2D eigenvalue weighted by molar-refractivity contribution is 0.0777. The first-order valence-electron chi connectivity index (χ1n) is 6.54. The molecule has 0 aliphatic carbocycles. The van der Waals surface area contributed by atoms with E-state index < -0.39 is 11.7 Å². The molecule has 1 aliphatic rings. The van der Waals surface area contributed by atoms with Crippen molar-refractivity contribution < 1.29 is 13.9 Å². The highest BCUT2D eigenvalue weighted by Gasteiger charge is 2.29. The van der Waals surface area contributed by atoms with Gasteiger partial charge in [-0.3, -0.25) is 4.79 Å². The van der Waals surface area contributed by atoms with Crippen molar-refractivity contribution in [2.75, 3.05) is 39.2 Å². The van der Waals surface area contributed by atoms with E-state index in [1.165, 1.54) is 12.1 Å². The van der Waals surface area contributed by atoms with Crippen LogP contribution in [0.1, 0.15) is 10.4 Å². The lowest BCUT2D eigenvalue weighted by Gasteiger charge is -2.19. The van der Waals surface area contributed by atoms with Crippen molar-refractivity contribution in [2.24, 2.45) is 0 Å². The Bertz CT molecular complexity index is 499. The van der Waals surface area contributed by atoms with E-state index in [9.17, 15) is 9.18 Å². The number of amides is 1. The van der Waals surface area contributed by atoms with Crippen LogP contribution in [0.15, 0.2) is 18.2 Å². The Morgan fingerprint density at radius 2 is 2.14 bits per heavy atom. The van der Waals surface area contributed by atoms with Crippen molar-refractivity contribution >= 4 is 24.0 Å². The van der Waals surface area contributed by atoms with Crippen molar-refractivity contribution in [2.45, 2.75) is 12.1 Å². The van der Waals surface area contributed by atoms with E-state index in [-0.39, 0.29) is 30.1 Å². The molecule has 0 radical (unpaired) electrons. The van der Waals surface area contributed by atoms with Crippen LogP contribution in [0.5, 0.6) is 0 Å².